The molecule has 1 amide bonds. The molecule has 7 heteroatoms. The van der Waals surface area contributed by atoms with Crippen molar-refractivity contribution < 1.29 is 13.2 Å². The fourth-order valence-corrected chi connectivity index (χ4v) is 3.98. The highest BCUT2D eigenvalue weighted by Gasteiger charge is 2.35. The molecule has 1 heterocycles. The van der Waals surface area contributed by atoms with Crippen molar-refractivity contribution in [3.05, 3.63) is 24.5 Å². The van der Waals surface area contributed by atoms with E-state index in [9.17, 15) is 13.2 Å². The van der Waals surface area contributed by atoms with Crippen LogP contribution in [0.15, 0.2) is 24.5 Å². The highest BCUT2D eigenvalue weighted by atomic mass is 32.2. The third-order valence-corrected chi connectivity index (χ3v) is 6.50. The third-order valence-electron chi connectivity index (χ3n) is 4.66. The molecule has 1 aliphatic carbocycles. The fourth-order valence-electron chi connectivity index (χ4n) is 3.25. The first-order valence-corrected chi connectivity index (χ1v) is 9.77. The Morgan fingerprint density at radius 1 is 1.17 bits per heavy atom. The summed E-state index contributed by atoms with van der Waals surface area (Å²) in [5.74, 6) is -0.142. The quantitative estimate of drug-likeness (QED) is 0.818. The number of nitrogens with one attached hydrogen (secondary N) is 1. The van der Waals surface area contributed by atoms with Crippen LogP contribution in [0.2, 0.25) is 0 Å². The first kappa shape index (κ1) is 18.0. The summed E-state index contributed by atoms with van der Waals surface area (Å²) in [5, 5.41) is 2.77. The molecule has 0 aromatic carbocycles. The molecule has 0 atom stereocenters. The first-order chi connectivity index (χ1) is 10.9. The van der Waals surface area contributed by atoms with Crippen LogP contribution in [-0.2, 0) is 20.4 Å². The lowest BCUT2D eigenvalue weighted by atomic mass is 9.79. The number of sulfonamides is 1. The summed E-state index contributed by atoms with van der Waals surface area (Å²) in [6.07, 6.45) is 9.90. The topological polar surface area (TPSA) is 71.4 Å². The van der Waals surface area contributed by atoms with Gasteiger partial charge in [0.15, 0.2) is 0 Å². The Labute approximate surface area is 138 Å². The third kappa shape index (κ3) is 4.57. The maximum atomic E-state index is 12.3. The number of carbonyl (C=O) groups is 1. The number of aromatic nitrogens is 1. The molecule has 2 rings (SSSR count). The van der Waals surface area contributed by atoms with Crippen molar-refractivity contribution >= 4 is 15.9 Å². The van der Waals surface area contributed by atoms with E-state index in [1.54, 1.807) is 0 Å². The monoisotopic (exact) mass is 341 g/mol. The zero-order valence-corrected chi connectivity index (χ0v) is 14.8. The minimum Gasteiger partial charge on any atom is -0.355 e. The van der Waals surface area contributed by atoms with Crippen LogP contribution in [0.4, 0.5) is 0 Å². The Bertz CT molecular complexity index is 603. The predicted octanol–water partition coefficient (Wildman–Crippen LogP) is 1.55. The van der Waals surface area contributed by atoms with Crippen molar-refractivity contribution in [3.63, 3.8) is 0 Å². The Morgan fingerprint density at radius 2 is 1.78 bits per heavy atom. The van der Waals surface area contributed by atoms with Crippen LogP contribution in [0.1, 0.15) is 38.5 Å². The van der Waals surface area contributed by atoms with Crippen LogP contribution in [0.3, 0.4) is 0 Å². The SMILES string of the molecule is CN(C)S(=O)(=O)CCNC(=O)CC1(n2cccc2)CCCCC1. The molecule has 23 heavy (non-hydrogen) atoms. The number of hydrogen-bond acceptors (Lipinski definition) is 3. The minimum atomic E-state index is -3.27. The Balaban J connectivity index is 1.94. The van der Waals surface area contributed by atoms with Gasteiger partial charge in [0, 0.05) is 33.0 Å². The fraction of sp³-hybridized carbons (Fsp3) is 0.688. The molecule has 1 N–H and O–H groups in total. The second kappa shape index (κ2) is 7.49. The summed E-state index contributed by atoms with van der Waals surface area (Å²) in [6.45, 7) is 0.154. The first-order valence-electron chi connectivity index (χ1n) is 8.16. The van der Waals surface area contributed by atoms with Gasteiger partial charge in [0.2, 0.25) is 15.9 Å². The molecule has 1 aromatic heterocycles. The van der Waals surface area contributed by atoms with E-state index in [-0.39, 0.29) is 23.7 Å². The second-order valence-corrected chi connectivity index (χ2v) is 8.80. The van der Waals surface area contributed by atoms with Crippen molar-refractivity contribution in [3.8, 4) is 0 Å². The van der Waals surface area contributed by atoms with Crippen LogP contribution < -0.4 is 5.32 Å². The molecule has 0 saturated heterocycles. The van der Waals surface area contributed by atoms with Gasteiger partial charge in [0.25, 0.3) is 0 Å². The Hall–Kier alpha value is -1.34. The molecule has 1 aromatic rings. The van der Waals surface area contributed by atoms with Gasteiger partial charge in [-0.25, -0.2) is 12.7 Å². The van der Waals surface area contributed by atoms with Crippen LogP contribution in [0.5, 0.6) is 0 Å². The summed E-state index contributed by atoms with van der Waals surface area (Å²) in [5.41, 5.74) is -0.160. The largest absolute Gasteiger partial charge is 0.355 e. The lowest BCUT2D eigenvalue weighted by Crippen LogP contribution is -2.42. The highest BCUT2D eigenvalue weighted by Crippen LogP contribution is 2.37. The van der Waals surface area contributed by atoms with Crippen molar-refractivity contribution in [1.29, 1.82) is 0 Å². The van der Waals surface area contributed by atoms with Gasteiger partial charge >= 0.3 is 0 Å². The summed E-state index contributed by atoms with van der Waals surface area (Å²) in [7, 11) is -0.272. The Morgan fingerprint density at radius 3 is 2.35 bits per heavy atom. The number of rotatable bonds is 7. The molecule has 0 bridgehead atoms. The molecule has 6 nitrogen and oxygen atoms in total. The lowest BCUT2D eigenvalue weighted by molar-refractivity contribution is -0.123. The van der Waals surface area contributed by atoms with Gasteiger partial charge in [-0.05, 0) is 25.0 Å². The standard InChI is InChI=1S/C16H27N3O3S/c1-18(2)23(21,22)13-10-17-15(20)14-16(8-4-3-5-9-16)19-11-6-7-12-19/h6-7,11-12H,3-5,8-10,13-14H2,1-2H3,(H,17,20). The van der Waals surface area contributed by atoms with Crippen molar-refractivity contribution in [1.82, 2.24) is 14.2 Å². The van der Waals surface area contributed by atoms with E-state index in [1.807, 2.05) is 24.5 Å². The van der Waals surface area contributed by atoms with Gasteiger partial charge in [-0.1, -0.05) is 19.3 Å². The zero-order chi connectivity index (χ0) is 16.9. The van der Waals surface area contributed by atoms with Gasteiger partial charge in [0.1, 0.15) is 0 Å². The molecule has 0 radical (unpaired) electrons. The predicted molar refractivity (Wildman–Crippen MR) is 90.6 cm³/mol. The average Bonchev–Trinajstić information content (AvgIpc) is 3.02. The van der Waals surface area contributed by atoms with Crippen LogP contribution in [0, 0.1) is 0 Å². The molecular weight excluding hydrogens is 314 g/mol. The highest BCUT2D eigenvalue weighted by molar-refractivity contribution is 7.89. The second-order valence-electron chi connectivity index (χ2n) is 6.50. The van der Waals surface area contributed by atoms with E-state index in [4.69, 9.17) is 0 Å². The minimum absolute atomic E-state index is 0.0672. The molecule has 0 aliphatic heterocycles. The van der Waals surface area contributed by atoms with Gasteiger partial charge in [-0.15, -0.1) is 0 Å². The molecule has 0 unspecified atom stereocenters. The number of hydrogen-bond donors (Lipinski definition) is 1. The van der Waals surface area contributed by atoms with Crippen molar-refractivity contribution in [2.75, 3.05) is 26.4 Å². The number of amides is 1. The van der Waals surface area contributed by atoms with Crippen molar-refractivity contribution in [2.45, 2.75) is 44.1 Å². The van der Waals surface area contributed by atoms with E-state index in [1.165, 1.54) is 24.8 Å². The summed E-state index contributed by atoms with van der Waals surface area (Å²) in [4.78, 5) is 12.3. The average molecular weight is 341 g/mol. The van der Waals surface area contributed by atoms with Crippen LogP contribution >= 0.6 is 0 Å². The van der Waals surface area contributed by atoms with Gasteiger partial charge in [-0.3, -0.25) is 4.79 Å². The zero-order valence-electron chi connectivity index (χ0n) is 14.0. The van der Waals surface area contributed by atoms with E-state index in [0.29, 0.717) is 6.42 Å². The Kier molecular flexibility index (Phi) is 5.86. The molecule has 1 aliphatic rings. The maximum Gasteiger partial charge on any atom is 0.222 e. The van der Waals surface area contributed by atoms with E-state index < -0.39 is 10.0 Å². The van der Waals surface area contributed by atoms with E-state index >= 15 is 0 Å². The van der Waals surface area contributed by atoms with Gasteiger partial charge in [-0.2, -0.15) is 0 Å². The molecular formula is C16H27N3O3S. The maximum absolute atomic E-state index is 12.3. The molecule has 1 fully saturated rings. The van der Waals surface area contributed by atoms with E-state index in [0.717, 1.165) is 25.7 Å². The molecule has 130 valence electrons. The molecule has 1 saturated carbocycles. The number of nitrogens with zero attached hydrogens (tertiary/aromatic N) is 2. The van der Waals surface area contributed by atoms with Crippen molar-refractivity contribution in [2.24, 2.45) is 0 Å². The van der Waals surface area contributed by atoms with Gasteiger partial charge < -0.3 is 9.88 Å². The van der Waals surface area contributed by atoms with Gasteiger partial charge in [0.05, 0.1) is 17.7 Å². The summed E-state index contributed by atoms with van der Waals surface area (Å²) >= 11 is 0. The van der Waals surface area contributed by atoms with Crippen LogP contribution in [-0.4, -0.2) is 49.6 Å². The summed E-state index contributed by atoms with van der Waals surface area (Å²) < 4.78 is 26.8. The van der Waals surface area contributed by atoms with Crippen LogP contribution in [0.25, 0.3) is 0 Å². The number of carbonyl (C=O) groups excluding carboxylic acids is 1. The summed E-state index contributed by atoms with van der Waals surface area (Å²) in [6, 6.07) is 3.97. The smallest absolute Gasteiger partial charge is 0.222 e. The lowest BCUT2D eigenvalue weighted by Gasteiger charge is -2.38. The molecule has 0 spiro atoms. The van der Waals surface area contributed by atoms with E-state index in [2.05, 4.69) is 9.88 Å². The normalized spacial score (nSPS) is 18.0.